The number of hydrogen-bond acceptors (Lipinski definition) is 3. The maximum atomic E-state index is 13.1. The van der Waals surface area contributed by atoms with E-state index in [1.54, 1.807) is 12.1 Å². The number of pyridine rings is 1. The number of hydrogen-bond donors (Lipinski definition) is 0. The van der Waals surface area contributed by atoms with Crippen molar-refractivity contribution in [1.29, 1.82) is 0 Å². The number of nitrogens with zero attached hydrogens (tertiary/aromatic N) is 2. The molecule has 120 valence electrons. The molecule has 2 heterocycles. The fraction of sp³-hybridized carbons (Fsp3) is 0.294. The molecule has 6 heteroatoms. The van der Waals surface area contributed by atoms with Crippen molar-refractivity contribution in [2.45, 2.75) is 32.9 Å². The molecule has 0 amide bonds. The van der Waals surface area contributed by atoms with Crippen molar-refractivity contribution in [3.05, 3.63) is 46.5 Å². The number of thiazole rings is 1. The second-order valence-corrected chi connectivity index (χ2v) is 6.59. The second-order valence-electron chi connectivity index (χ2n) is 5.74. The molecule has 3 rings (SSSR count). The van der Waals surface area contributed by atoms with Gasteiger partial charge in [-0.25, -0.2) is 9.97 Å². The van der Waals surface area contributed by atoms with Crippen molar-refractivity contribution in [3.8, 4) is 10.7 Å². The van der Waals surface area contributed by atoms with Gasteiger partial charge in [0, 0.05) is 10.8 Å². The Kier molecular flexibility index (Phi) is 3.88. The fourth-order valence-corrected chi connectivity index (χ4v) is 3.38. The number of aryl methyl sites for hydroxylation is 1. The molecule has 0 saturated heterocycles. The topological polar surface area (TPSA) is 25.8 Å². The van der Waals surface area contributed by atoms with E-state index in [0.717, 1.165) is 16.8 Å². The quantitative estimate of drug-likeness (QED) is 0.590. The maximum absolute atomic E-state index is 13.1. The van der Waals surface area contributed by atoms with Crippen LogP contribution in [-0.4, -0.2) is 9.97 Å². The monoisotopic (exact) mass is 336 g/mol. The summed E-state index contributed by atoms with van der Waals surface area (Å²) in [6.07, 6.45) is -4.37. The van der Waals surface area contributed by atoms with E-state index in [9.17, 15) is 13.2 Å². The van der Waals surface area contributed by atoms with Crippen molar-refractivity contribution >= 4 is 22.2 Å². The van der Waals surface area contributed by atoms with E-state index in [1.807, 2.05) is 19.2 Å². The van der Waals surface area contributed by atoms with Crippen LogP contribution >= 0.6 is 11.3 Å². The highest BCUT2D eigenvalue weighted by atomic mass is 32.1. The number of fused-ring (bicyclic) bond motifs is 1. The normalized spacial score (nSPS) is 12.3. The van der Waals surface area contributed by atoms with E-state index >= 15 is 0 Å². The van der Waals surface area contributed by atoms with Crippen LogP contribution in [-0.2, 0) is 6.18 Å². The highest BCUT2D eigenvalue weighted by Crippen LogP contribution is 2.35. The minimum Gasteiger partial charge on any atom is -0.245 e. The van der Waals surface area contributed by atoms with Gasteiger partial charge in [-0.3, -0.25) is 0 Å². The molecule has 2 aromatic heterocycles. The van der Waals surface area contributed by atoms with Crippen LogP contribution in [0.25, 0.3) is 21.6 Å². The van der Waals surface area contributed by atoms with Crippen molar-refractivity contribution in [2.24, 2.45) is 0 Å². The predicted octanol–water partition coefficient (Wildman–Crippen LogP) is 5.81. The molecule has 3 aromatic rings. The number of benzene rings is 1. The third-order valence-corrected chi connectivity index (χ3v) is 4.64. The van der Waals surface area contributed by atoms with Gasteiger partial charge in [0.05, 0.1) is 22.5 Å². The summed E-state index contributed by atoms with van der Waals surface area (Å²) in [5, 5.41) is 3.39. The van der Waals surface area contributed by atoms with Gasteiger partial charge in [0.2, 0.25) is 0 Å². The van der Waals surface area contributed by atoms with E-state index in [0.29, 0.717) is 22.5 Å². The van der Waals surface area contributed by atoms with Crippen molar-refractivity contribution < 1.29 is 13.2 Å². The molecule has 0 aliphatic carbocycles. The third-order valence-electron chi connectivity index (χ3n) is 3.75. The van der Waals surface area contributed by atoms with Crippen LogP contribution in [0.1, 0.15) is 36.6 Å². The summed E-state index contributed by atoms with van der Waals surface area (Å²) in [5.74, 6) is 0.305. The van der Waals surface area contributed by atoms with E-state index in [1.165, 1.54) is 24.3 Å². The van der Waals surface area contributed by atoms with E-state index in [2.05, 4.69) is 9.97 Å². The molecule has 1 aromatic carbocycles. The standard InChI is InChI=1S/C17H15F3N2S/c1-9(2)14-8-23-16(22-14)13-7-5-11-4-6-12(17(18,19)20)10(3)15(11)21-13/h4-9H,1-3H3. The first kappa shape index (κ1) is 15.9. The molecule has 0 atom stereocenters. The second kappa shape index (κ2) is 5.60. The first-order chi connectivity index (χ1) is 10.8. The molecule has 0 radical (unpaired) electrons. The number of alkyl halides is 3. The van der Waals surface area contributed by atoms with Crippen LogP contribution in [0.2, 0.25) is 0 Å². The molecule has 0 aliphatic heterocycles. The Labute approximate surface area is 136 Å². The Morgan fingerprint density at radius 3 is 2.35 bits per heavy atom. The van der Waals surface area contributed by atoms with Gasteiger partial charge in [-0.1, -0.05) is 26.0 Å². The molecule has 2 nitrogen and oxygen atoms in total. The first-order valence-electron chi connectivity index (χ1n) is 7.20. The Hall–Kier alpha value is -1.95. The lowest BCUT2D eigenvalue weighted by Gasteiger charge is -2.12. The van der Waals surface area contributed by atoms with Gasteiger partial charge >= 0.3 is 6.18 Å². The van der Waals surface area contributed by atoms with Gasteiger partial charge in [-0.05, 0) is 30.5 Å². The SMILES string of the molecule is Cc1c(C(F)(F)F)ccc2ccc(-c3nc(C(C)C)cs3)nc12. The average molecular weight is 336 g/mol. The molecule has 0 aliphatic rings. The van der Waals surface area contributed by atoms with Crippen LogP contribution < -0.4 is 0 Å². The lowest BCUT2D eigenvalue weighted by atomic mass is 10.0. The maximum Gasteiger partial charge on any atom is 0.416 e. The zero-order valence-electron chi connectivity index (χ0n) is 12.9. The number of rotatable bonds is 2. The number of halogens is 3. The molecule has 0 fully saturated rings. The number of aromatic nitrogens is 2. The zero-order chi connectivity index (χ0) is 16.8. The summed E-state index contributed by atoms with van der Waals surface area (Å²) in [6.45, 7) is 5.56. The van der Waals surface area contributed by atoms with Crippen LogP contribution in [0.3, 0.4) is 0 Å². The first-order valence-corrected chi connectivity index (χ1v) is 8.08. The molecule has 0 spiro atoms. The lowest BCUT2D eigenvalue weighted by Crippen LogP contribution is -2.08. The van der Waals surface area contributed by atoms with Gasteiger partial charge < -0.3 is 0 Å². The summed E-state index contributed by atoms with van der Waals surface area (Å²) < 4.78 is 39.2. The fourth-order valence-electron chi connectivity index (χ4n) is 2.43. The highest BCUT2D eigenvalue weighted by Gasteiger charge is 2.33. The average Bonchev–Trinajstić information content (AvgIpc) is 2.96. The van der Waals surface area contributed by atoms with Gasteiger partial charge in [-0.2, -0.15) is 13.2 Å². The zero-order valence-corrected chi connectivity index (χ0v) is 13.7. The van der Waals surface area contributed by atoms with E-state index in [4.69, 9.17) is 0 Å². The minimum atomic E-state index is -4.37. The molecule has 0 bridgehead atoms. The van der Waals surface area contributed by atoms with Crippen molar-refractivity contribution in [1.82, 2.24) is 9.97 Å². The molecule has 0 N–H and O–H groups in total. The smallest absolute Gasteiger partial charge is 0.245 e. The Morgan fingerprint density at radius 2 is 1.74 bits per heavy atom. The summed E-state index contributed by atoms with van der Waals surface area (Å²) >= 11 is 1.46. The van der Waals surface area contributed by atoms with Gasteiger partial charge in [-0.15, -0.1) is 11.3 Å². The van der Waals surface area contributed by atoms with Crippen LogP contribution in [0.4, 0.5) is 13.2 Å². The van der Waals surface area contributed by atoms with Crippen LogP contribution in [0.15, 0.2) is 29.6 Å². The van der Waals surface area contributed by atoms with E-state index in [-0.39, 0.29) is 5.56 Å². The van der Waals surface area contributed by atoms with Gasteiger partial charge in [0.25, 0.3) is 0 Å². The summed E-state index contributed by atoms with van der Waals surface area (Å²) in [6, 6.07) is 6.17. The van der Waals surface area contributed by atoms with Crippen molar-refractivity contribution in [3.63, 3.8) is 0 Å². The Morgan fingerprint density at radius 1 is 1.04 bits per heavy atom. The van der Waals surface area contributed by atoms with Crippen LogP contribution in [0.5, 0.6) is 0 Å². The molecule has 23 heavy (non-hydrogen) atoms. The summed E-state index contributed by atoms with van der Waals surface area (Å²) in [7, 11) is 0. The van der Waals surface area contributed by atoms with Crippen LogP contribution in [0, 0.1) is 6.92 Å². The molecule has 0 unspecified atom stereocenters. The van der Waals surface area contributed by atoms with Crippen molar-refractivity contribution in [2.75, 3.05) is 0 Å². The molecule has 0 saturated carbocycles. The predicted molar refractivity (Wildman–Crippen MR) is 86.7 cm³/mol. The van der Waals surface area contributed by atoms with Gasteiger partial charge in [0.15, 0.2) is 0 Å². The highest BCUT2D eigenvalue weighted by molar-refractivity contribution is 7.13. The largest absolute Gasteiger partial charge is 0.416 e. The molecular weight excluding hydrogens is 321 g/mol. The molecular formula is C17H15F3N2S. The Bertz CT molecular complexity index is 866. The third kappa shape index (κ3) is 2.95. The lowest BCUT2D eigenvalue weighted by molar-refractivity contribution is -0.137. The minimum absolute atomic E-state index is 0.150. The van der Waals surface area contributed by atoms with Gasteiger partial charge in [0.1, 0.15) is 5.01 Å². The summed E-state index contributed by atoms with van der Waals surface area (Å²) in [5.41, 5.74) is 1.46. The Balaban J connectivity index is 2.15. The van der Waals surface area contributed by atoms with E-state index < -0.39 is 11.7 Å². The summed E-state index contributed by atoms with van der Waals surface area (Å²) in [4.78, 5) is 8.96.